The maximum Gasteiger partial charge on any atom is 0.251 e. The van der Waals surface area contributed by atoms with E-state index >= 15 is 0 Å². The lowest BCUT2D eigenvalue weighted by Crippen LogP contribution is -2.52. The Balaban J connectivity index is 1.09. The summed E-state index contributed by atoms with van der Waals surface area (Å²) in [5.74, 6) is 0.681. The van der Waals surface area contributed by atoms with E-state index in [0.29, 0.717) is 41.4 Å². The highest BCUT2D eigenvalue weighted by molar-refractivity contribution is 6.22. The summed E-state index contributed by atoms with van der Waals surface area (Å²) in [5.41, 5.74) is 2.71. The van der Waals surface area contributed by atoms with Crippen LogP contribution >= 0.6 is 0 Å². The molecule has 0 bridgehead atoms. The molecule has 0 aliphatic carbocycles. The zero-order chi connectivity index (χ0) is 24.6. The SMILES string of the molecule is O=C(c1ccc(N2CCN([C@@H]3CC(=O)N(c4ccc5c(c4)OCO5)C3=O)CC2)cc1)c1cccnc1. The molecule has 6 rings (SSSR count). The minimum Gasteiger partial charge on any atom is -0.454 e. The topological polar surface area (TPSA) is 92.3 Å². The number of amides is 2. The highest BCUT2D eigenvalue weighted by atomic mass is 16.7. The third-order valence-electron chi connectivity index (χ3n) is 6.91. The number of carbonyl (C=O) groups excluding carboxylic acids is 3. The minimum atomic E-state index is -0.468. The van der Waals surface area contributed by atoms with Gasteiger partial charge in [0.2, 0.25) is 12.7 Å². The van der Waals surface area contributed by atoms with Crippen LogP contribution in [-0.2, 0) is 9.59 Å². The maximum absolute atomic E-state index is 13.2. The summed E-state index contributed by atoms with van der Waals surface area (Å²) in [7, 11) is 0. The molecule has 3 aromatic rings. The molecule has 3 aliphatic heterocycles. The van der Waals surface area contributed by atoms with Crippen molar-refractivity contribution in [3.05, 3.63) is 78.1 Å². The second kappa shape index (κ2) is 9.09. The van der Waals surface area contributed by atoms with Crippen LogP contribution in [0.15, 0.2) is 67.0 Å². The van der Waals surface area contributed by atoms with Crippen molar-refractivity contribution in [2.75, 3.05) is 42.8 Å². The molecule has 0 spiro atoms. The number of fused-ring (bicyclic) bond motifs is 1. The van der Waals surface area contributed by atoms with Crippen LogP contribution in [0.3, 0.4) is 0 Å². The standard InChI is InChI=1S/C27H24N4O5/c32-25-15-22(27(34)31(25)21-7-8-23-24(14-21)36-17-35-23)30-12-10-29(11-13-30)20-5-3-18(4-6-20)26(33)19-2-1-9-28-16-19/h1-9,14,16,22H,10-13,15,17H2/t22-/m1/s1. The van der Waals surface area contributed by atoms with Gasteiger partial charge < -0.3 is 14.4 Å². The van der Waals surface area contributed by atoms with Gasteiger partial charge in [-0.2, -0.15) is 0 Å². The molecule has 1 atom stereocenters. The van der Waals surface area contributed by atoms with E-state index in [1.54, 1.807) is 42.7 Å². The zero-order valence-electron chi connectivity index (χ0n) is 19.5. The Morgan fingerprint density at radius 2 is 1.61 bits per heavy atom. The van der Waals surface area contributed by atoms with E-state index in [-0.39, 0.29) is 30.8 Å². The maximum atomic E-state index is 13.2. The molecule has 2 saturated heterocycles. The van der Waals surface area contributed by atoms with Crippen LogP contribution in [0.2, 0.25) is 0 Å². The predicted molar refractivity (Wildman–Crippen MR) is 131 cm³/mol. The van der Waals surface area contributed by atoms with Gasteiger partial charge >= 0.3 is 0 Å². The van der Waals surface area contributed by atoms with Crippen LogP contribution < -0.4 is 19.3 Å². The monoisotopic (exact) mass is 484 g/mol. The van der Waals surface area contributed by atoms with Gasteiger partial charge in [-0.25, -0.2) is 4.90 Å². The van der Waals surface area contributed by atoms with Crippen molar-refractivity contribution in [3.63, 3.8) is 0 Å². The molecule has 4 heterocycles. The number of benzene rings is 2. The van der Waals surface area contributed by atoms with Crippen molar-refractivity contribution in [2.24, 2.45) is 0 Å². The predicted octanol–water partition coefficient (Wildman–Crippen LogP) is 2.50. The molecule has 3 aliphatic rings. The van der Waals surface area contributed by atoms with Gasteiger partial charge in [-0.15, -0.1) is 0 Å². The summed E-state index contributed by atoms with van der Waals surface area (Å²) < 4.78 is 10.7. The summed E-state index contributed by atoms with van der Waals surface area (Å²) in [4.78, 5) is 48.2. The van der Waals surface area contributed by atoms with Crippen molar-refractivity contribution < 1.29 is 23.9 Å². The van der Waals surface area contributed by atoms with Crippen LogP contribution in [-0.4, -0.2) is 66.5 Å². The number of aromatic nitrogens is 1. The Bertz CT molecular complexity index is 1320. The van der Waals surface area contributed by atoms with Crippen LogP contribution in [0.1, 0.15) is 22.3 Å². The molecular formula is C27H24N4O5. The molecule has 36 heavy (non-hydrogen) atoms. The first-order valence-electron chi connectivity index (χ1n) is 11.9. The number of piperazine rings is 1. The summed E-state index contributed by atoms with van der Waals surface area (Å²) in [6.07, 6.45) is 3.38. The summed E-state index contributed by atoms with van der Waals surface area (Å²) in [5, 5.41) is 0. The molecular weight excluding hydrogens is 460 g/mol. The van der Waals surface area contributed by atoms with Crippen LogP contribution in [0.25, 0.3) is 0 Å². The third-order valence-corrected chi connectivity index (χ3v) is 6.91. The number of rotatable bonds is 5. The lowest BCUT2D eigenvalue weighted by molar-refractivity contribution is -0.123. The van der Waals surface area contributed by atoms with Crippen LogP contribution in [0.5, 0.6) is 11.5 Å². The van der Waals surface area contributed by atoms with E-state index in [2.05, 4.69) is 14.8 Å². The molecule has 9 nitrogen and oxygen atoms in total. The number of imide groups is 1. The van der Waals surface area contributed by atoms with Crippen molar-refractivity contribution in [1.29, 1.82) is 0 Å². The Hall–Kier alpha value is -4.24. The first-order chi connectivity index (χ1) is 17.6. The first-order valence-corrected chi connectivity index (χ1v) is 11.9. The molecule has 2 amide bonds. The fourth-order valence-electron chi connectivity index (χ4n) is 4.98. The third kappa shape index (κ3) is 3.97. The fourth-order valence-corrected chi connectivity index (χ4v) is 4.98. The number of pyridine rings is 1. The number of hydrogen-bond donors (Lipinski definition) is 0. The van der Waals surface area contributed by atoms with E-state index in [1.165, 1.54) is 4.90 Å². The second-order valence-corrected chi connectivity index (χ2v) is 8.97. The smallest absolute Gasteiger partial charge is 0.251 e. The zero-order valence-corrected chi connectivity index (χ0v) is 19.5. The summed E-state index contributed by atoms with van der Waals surface area (Å²) >= 11 is 0. The van der Waals surface area contributed by atoms with Crippen molar-refractivity contribution in [3.8, 4) is 11.5 Å². The van der Waals surface area contributed by atoms with Crippen molar-refractivity contribution in [2.45, 2.75) is 12.5 Å². The highest BCUT2D eigenvalue weighted by Gasteiger charge is 2.43. The van der Waals surface area contributed by atoms with Gasteiger partial charge in [0.15, 0.2) is 17.3 Å². The first kappa shape index (κ1) is 22.2. The van der Waals surface area contributed by atoms with E-state index in [1.807, 2.05) is 24.3 Å². The Morgan fingerprint density at radius 1 is 0.861 bits per heavy atom. The number of hydrogen-bond acceptors (Lipinski definition) is 8. The van der Waals surface area contributed by atoms with E-state index in [9.17, 15) is 14.4 Å². The molecule has 1 aromatic heterocycles. The summed E-state index contributed by atoms with van der Waals surface area (Å²) in [6, 6.07) is 15.7. The number of ether oxygens (including phenoxy) is 2. The van der Waals surface area contributed by atoms with E-state index < -0.39 is 6.04 Å². The quantitative estimate of drug-likeness (QED) is 0.403. The van der Waals surface area contributed by atoms with E-state index in [4.69, 9.17) is 9.47 Å². The number of nitrogens with zero attached hydrogens (tertiary/aromatic N) is 4. The molecule has 9 heteroatoms. The number of carbonyl (C=O) groups is 3. The average Bonchev–Trinajstić information content (AvgIpc) is 3.52. The van der Waals surface area contributed by atoms with Crippen LogP contribution in [0.4, 0.5) is 11.4 Å². The largest absolute Gasteiger partial charge is 0.454 e. The molecule has 182 valence electrons. The van der Waals surface area contributed by atoms with Crippen LogP contribution in [0, 0.1) is 0 Å². The van der Waals surface area contributed by atoms with Crippen molar-refractivity contribution >= 4 is 29.0 Å². The highest BCUT2D eigenvalue weighted by Crippen LogP contribution is 2.37. The molecule has 2 aromatic carbocycles. The van der Waals surface area contributed by atoms with Gasteiger partial charge in [0, 0.05) is 61.5 Å². The van der Waals surface area contributed by atoms with Gasteiger partial charge in [-0.1, -0.05) is 0 Å². The number of anilines is 2. The normalized spacial score (nSPS) is 19.7. The van der Waals surface area contributed by atoms with E-state index in [0.717, 1.165) is 18.8 Å². The number of ketones is 1. The average molecular weight is 485 g/mol. The molecule has 0 N–H and O–H groups in total. The summed E-state index contributed by atoms with van der Waals surface area (Å²) in [6.45, 7) is 2.90. The lowest BCUT2D eigenvalue weighted by Gasteiger charge is -2.38. The Labute approximate surface area is 207 Å². The fraction of sp³-hybridized carbons (Fsp3) is 0.259. The Morgan fingerprint density at radius 3 is 2.36 bits per heavy atom. The van der Waals surface area contributed by atoms with Crippen molar-refractivity contribution in [1.82, 2.24) is 9.88 Å². The molecule has 0 radical (unpaired) electrons. The van der Waals surface area contributed by atoms with Gasteiger partial charge in [-0.05, 0) is 48.5 Å². The van der Waals surface area contributed by atoms with Gasteiger partial charge in [-0.3, -0.25) is 24.3 Å². The molecule has 0 saturated carbocycles. The molecule has 2 fully saturated rings. The molecule has 0 unspecified atom stereocenters. The minimum absolute atomic E-state index is 0.0594. The lowest BCUT2D eigenvalue weighted by atomic mass is 10.0. The second-order valence-electron chi connectivity index (χ2n) is 8.97. The van der Waals surface area contributed by atoms with Gasteiger partial charge in [0.1, 0.15) is 0 Å². The van der Waals surface area contributed by atoms with Gasteiger partial charge in [0.05, 0.1) is 18.2 Å². The Kier molecular flexibility index (Phi) is 5.61. The van der Waals surface area contributed by atoms with Gasteiger partial charge in [0.25, 0.3) is 5.91 Å².